The molecule has 0 aliphatic carbocycles. The molecular formula is C12H11ClN2O. The zero-order chi connectivity index (χ0) is 11.4. The van der Waals surface area contributed by atoms with Crippen LogP contribution in [0, 0.1) is 0 Å². The standard InChI is InChI=1S/C12H11ClN2O/c13-11-4-2-1-3-9(11)8-16-10-5-6-12(14)15-7-10/h1-7H,8H2,(H2,14,15). The second-order valence-electron chi connectivity index (χ2n) is 3.30. The lowest BCUT2D eigenvalue weighted by atomic mass is 10.2. The van der Waals surface area contributed by atoms with Gasteiger partial charge in [-0.15, -0.1) is 0 Å². The van der Waals surface area contributed by atoms with Gasteiger partial charge in [-0.25, -0.2) is 4.98 Å². The van der Waals surface area contributed by atoms with E-state index in [0.29, 0.717) is 23.2 Å². The maximum Gasteiger partial charge on any atom is 0.138 e. The summed E-state index contributed by atoms with van der Waals surface area (Å²) in [7, 11) is 0. The Morgan fingerprint density at radius 2 is 2.00 bits per heavy atom. The molecule has 0 unspecified atom stereocenters. The average Bonchev–Trinajstić information content (AvgIpc) is 2.30. The van der Waals surface area contributed by atoms with Gasteiger partial charge in [0.15, 0.2) is 0 Å². The summed E-state index contributed by atoms with van der Waals surface area (Å²) in [5.74, 6) is 1.15. The number of hydrogen-bond acceptors (Lipinski definition) is 3. The fourth-order valence-electron chi connectivity index (χ4n) is 1.25. The van der Waals surface area contributed by atoms with Gasteiger partial charge in [-0.3, -0.25) is 0 Å². The number of pyridine rings is 1. The van der Waals surface area contributed by atoms with Crippen molar-refractivity contribution in [3.8, 4) is 5.75 Å². The molecule has 0 atom stereocenters. The van der Waals surface area contributed by atoms with Crippen LogP contribution in [0.4, 0.5) is 5.82 Å². The van der Waals surface area contributed by atoms with Gasteiger partial charge in [0.25, 0.3) is 0 Å². The molecule has 0 spiro atoms. The minimum atomic E-state index is 0.422. The van der Waals surface area contributed by atoms with E-state index in [4.69, 9.17) is 22.1 Å². The third-order valence-corrected chi connectivity index (χ3v) is 2.48. The Hall–Kier alpha value is -1.74. The van der Waals surface area contributed by atoms with Crippen LogP contribution in [-0.2, 0) is 6.61 Å². The largest absolute Gasteiger partial charge is 0.487 e. The van der Waals surface area contributed by atoms with Gasteiger partial charge in [-0.05, 0) is 18.2 Å². The van der Waals surface area contributed by atoms with Crippen LogP contribution < -0.4 is 10.5 Å². The minimum absolute atomic E-state index is 0.422. The molecule has 4 heteroatoms. The van der Waals surface area contributed by atoms with Crippen molar-refractivity contribution in [3.63, 3.8) is 0 Å². The number of nitrogens with two attached hydrogens (primary N) is 1. The first-order valence-corrected chi connectivity index (χ1v) is 5.21. The first kappa shape index (κ1) is 10.8. The van der Waals surface area contributed by atoms with Crippen molar-refractivity contribution < 1.29 is 4.74 Å². The van der Waals surface area contributed by atoms with Crippen LogP contribution in [0.3, 0.4) is 0 Å². The van der Waals surface area contributed by atoms with Gasteiger partial charge in [-0.2, -0.15) is 0 Å². The Labute approximate surface area is 98.8 Å². The zero-order valence-corrected chi connectivity index (χ0v) is 9.32. The number of hydrogen-bond donors (Lipinski definition) is 1. The lowest BCUT2D eigenvalue weighted by molar-refractivity contribution is 0.305. The molecule has 2 N–H and O–H groups in total. The van der Waals surface area contributed by atoms with E-state index in [0.717, 1.165) is 5.56 Å². The number of ether oxygens (including phenoxy) is 1. The monoisotopic (exact) mass is 234 g/mol. The number of rotatable bonds is 3. The molecule has 0 amide bonds. The molecule has 2 rings (SSSR count). The SMILES string of the molecule is Nc1ccc(OCc2ccccc2Cl)cn1. The zero-order valence-electron chi connectivity index (χ0n) is 8.56. The van der Waals surface area contributed by atoms with Crippen molar-refractivity contribution in [1.82, 2.24) is 4.98 Å². The van der Waals surface area contributed by atoms with Crippen LogP contribution >= 0.6 is 11.6 Å². The van der Waals surface area contributed by atoms with E-state index < -0.39 is 0 Å². The summed E-state index contributed by atoms with van der Waals surface area (Å²) in [5, 5.41) is 0.700. The second-order valence-corrected chi connectivity index (χ2v) is 3.71. The fraction of sp³-hybridized carbons (Fsp3) is 0.0833. The Morgan fingerprint density at radius 3 is 2.69 bits per heavy atom. The second kappa shape index (κ2) is 4.86. The van der Waals surface area contributed by atoms with Crippen molar-refractivity contribution in [3.05, 3.63) is 53.2 Å². The third-order valence-electron chi connectivity index (χ3n) is 2.11. The first-order valence-electron chi connectivity index (χ1n) is 4.83. The van der Waals surface area contributed by atoms with Crippen LogP contribution in [0.2, 0.25) is 5.02 Å². The number of halogens is 1. The number of nitrogens with zero attached hydrogens (tertiary/aromatic N) is 1. The summed E-state index contributed by atoms with van der Waals surface area (Å²) in [6.45, 7) is 0.422. The Bertz CT molecular complexity index is 471. The molecule has 3 nitrogen and oxygen atoms in total. The molecule has 82 valence electrons. The van der Waals surface area contributed by atoms with Crippen molar-refractivity contribution >= 4 is 17.4 Å². The van der Waals surface area contributed by atoms with Gasteiger partial charge in [0.2, 0.25) is 0 Å². The third kappa shape index (κ3) is 2.64. The van der Waals surface area contributed by atoms with E-state index in [9.17, 15) is 0 Å². The normalized spacial score (nSPS) is 10.1. The topological polar surface area (TPSA) is 48.1 Å². The van der Waals surface area contributed by atoms with E-state index in [1.807, 2.05) is 24.3 Å². The molecule has 0 radical (unpaired) electrons. The Balaban J connectivity index is 2.02. The fourth-order valence-corrected chi connectivity index (χ4v) is 1.44. The van der Waals surface area contributed by atoms with Gasteiger partial charge in [-0.1, -0.05) is 29.8 Å². The lowest BCUT2D eigenvalue weighted by Crippen LogP contribution is -1.97. The maximum absolute atomic E-state index is 6.00. The summed E-state index contributed by atoms with van der Waals surface area (Å²) in [6, 6.07) is 11.0. The Morgan fingerprint density at radius 1 is 1.19 bits per heavy atom. The number of aromatic nitrogens is 1. The highest BCUT2D eigenvalue weighted by molar-refractivity contribution is 6.31. The summed E-state index contributed by atoms with van der Waals surface area (Å²) in [4.78, 5) is 3.93. The van der Waals surface area contributed by atoms with Gasteiger partial charge in [0, 0.05) is 10.6 Å². The minimum Gasteiger partial charge on any atom is -0.487 e. The average molecular weight is 235 g/mol. The molecule has 1 aromatic carbocycles. The molecule has 0 bridgehead atoms. The van der Waals surface area contributed by atoms with Crippen LogP contribution in [0.15, 0.2) is 42.6 Å². The van der Waals surface area contributed by atoms with E-state index in [-0.39, 0.29) is 0 Å². The highest BCUT2D eigenvalue weighted by atomic mass is 35.5. The first-order chi connectivity index (χ1) is 7.75. The van der Waals surface area contributed by atoms with Crippen molar-refractivity contribution in [2.45, 2.75) is 6.61 Å². The van der Waals surface area contributed by atoms with Crippen molar-refractivity contribution in [2.75, 3.05) is 5.73 Å². The van der Waals surface area contributed by atoms with Crippen molar-refractivity contribution in [1.29, 1.82) is 0 Å². The van der Waals surface area contributed by atoms with Gasteiger partial charge >= 0.3 is 0 Å². The molecule has 0 saturated carbocycles. The van der Waals surface area contributed by atoms with Crippen LogP contribution in [0.25, 0.3) is 0 Å². The van der Waals surface area contributed by atoms with Gasteiger partial charge < -0.3 is 10.5 Å². The smallest absolute Gasteiger partial charge is 0.138 e. The predicted octanol–water partition coefficient (Wildman–Crippen LogP) is 2.90. The molecule has 16 heavy (non-hydrogen) atoms. The maximum atomic E-state index is 6.00. The van der Waals surface area contributed by atoms with E-state index in [2.05, 4.69) is 4.98 Å². The highest BCUT2D eigenvalue weighted by Crippen LogP contribution is 2.18. The molecule has 0 aliphatic heterocycles. The lowest BCUT2D eigenvalue weighted by Gasteiger charge is -2.07. The van der Waals surface area contributed by atoms with E-state index in [1.54, 1.807) is 18.3 Å². The summed E-state index contributed by atoms with van der Waals surface area (Å²) < 4.78 is 5.53. The van der Waals surface area contributed by atoms with Crippen LogP contribution in [0.5, 0.6) is 5.75 Å². The predicted molar refractivity (Wildman–Crippen MR) is 64.4 cm³/mol. The summed E-state index contributed by atoms with van der Waals surface area (Å²) in [5.41, 5.74) is 6.42. The van der Waals surface area contributed by atoms with Crippen LogP contribution in [-0.4, -0.2) is 4.98 Å². The van der Waals surface area contributed by atoms with Crippen LogP contribution in [0.1, 0.15) is 5.56 Å². The van der Waals surface area contributed by atoms with E-state index >= 15 is 0 Å². The number of benzene rings is 1. The molecule has 1 aromatic heterocycles. The Kier molecular flexibility index (Phi) is 3.27. The van der Waals surface area contributed by atoms with Gasteiger partial charge in [0.1, 0.15) is 18.2 Å². The molecule has 2 aromatic rings. The number of anilines is 1. The molecule has 0 saturated heterocycles. The van der Waals surface area contributed by atoms with E-state index in [1.165, 1.54) is 0 Å². The molecule has 1 heterocycles. The summed E-state index contributed by atoms with van der Waals surface area (Å²) in [6.07, 6.45) is 1.59. The quantitative estimate of drug-likeness (QED) is 0.888. The van der Waals surface area contributed by atoms with Crippen molar-refractivity contribution in [2.24, 2.45) is 0 Å². The molecular weight excluding hydrogens is 224 g/mol. The highest BCUT2D eigenvalue weighted by Gasteiger charge is 2.00. The summed E-state index contributed by atoms with van der Waals surface area (Å²) >= 11 is 6.00. The number of nitrogen functional groups attached to an aromatic ring is 1. The van der Waals surface area contributed by atoms with Gasteiger partial charge in [0.05, 0.1) is 6.20 Å². The molecule has 0 fully saturated rings. The molecule has 0 aliphatic rings.